The van der Waals surface area contributed by atoms with Gasteiger partial charge in [-0.25, -0.2) is 0 Å². The molecule has 0 bridgehead atoms. The van der Waals surface area contributed by atoms with Crippen molar-refractivity contribution in [3.8, 4) is 5.69 Å². The number of aryl methyl sites for hydroxylation is 2. The number of anilines is 2. The van der Waals surface area contributed by atoms with Gasteiger partial charge in [0, 0.05) is 11.8 Å². The molecule has 10 heteroatoms. The molecule has 1 aromatic carbocycles. The lowest BCUT2D eigenvalue weighted by Crippen LogP contribution is -2.26. The number of hydrogen-bond donors (Lipinski definition) is 2. The maximum absolute atomic E-state index is 12.7. The first-order valence-corrected chi connectivity index (χ1v) is 10.3. The number of nitrogen functional groups attached to an aromatic ring is 1. The lowest BCUT2D eigenvalue weighted by Gasteiger charge is -2.18. The number of nitrogens with zero attached hydrogens (tertiary/aromatic N) is 4. The summed E-state index contributed by atoms with van der Waals surface area (Å²) < 4.78 is 1.68. The van der Waals surface area contributed by atoms with Crippen LogP contribution in [0.3, 0.4) is 0 Å². The Morgan fingerprint density at radius 1 is 1.32 bits per heavy atom. The molecule has 0 saturated carbocycles. The number of thioether (sulfide) groups is 1. The van der Waals surface area contributed by atoms with Crippen LogP contribution < -0.4 is 16.6 Å². The van der Waals surface area contributed by atoms with Crippen LogP contribution >= 0.6 is 23.1 Å². The van der Waals surface area contributed by atoms with E-state index in [-0.39, 0.29) is 11.7 Å². The van der Waals surface area contributed by atoms with Crippen LogP contribution in [0.15, 0.2) is 40.3 Å². The summed E-state index contributed by atoms with van der Waals surface area (Å²) in [4.78, 5) is 28.8. The van der Waals surface area contributed by atoms with Gasteiger partial charge in [0.25, 0.3) is 5.56 Å². The summed E-state index contributed by atoms with van der Waals surface area (Å²) in [7, 11) is 0. The minimum absolute atomic E-state index is 0.226. The largest absolute Gasteiger partial charge is 0.385 e. The highest BCUT2D eigenvalue weighted by atomic mass is 32.2. The molecule has 8 nitrogen and oxygen atoms in total. The van der Waals surface area contributed by atoms with Crippen LogP contribution in [0.5, 0.6) is 0 Å². The Bertz CT molecular complexity index is 1060. The molecular formula is C18H20N6O2S2. The Labute approximate surface area is 170 Å². The fourth-order valence-corrected chi connectivity index (χ4v) is 4.21. The van der Waals surface area contributed by atoms with Crippen molar-refractivity contribution in [2.45, 2.75) is 37.6 Å². The van der Waals surface area contributed by atoms with E-state index < -0.39 is 10.8 Å². The summed E-state index contributed by atoms with van der Waals surface area (Å²) in [6, 6.07) is 8.97. The monoisotopic (exact) mass is 416 g/mol. The minimum atomic E-state index is -0.478. The first-order valence-electron chi connectivity index (χ1n) is 8.61. The van der Waals surface area contributed by atoms with Crippen LogP contribution in [-0.4, -0.2) is 30.9 Å². The summed E-state index contributed by atoms with van der Waals surface area (Å²) in [5, 5.41) is 11.7. The number of carbonyl (C=O) groups excluding carboxylic acids is 1. The molecule has 3 rings (SSSR count). The molecule has 0 aliphatic rings. The van der Waals surface area contributed by atoms with Gasteiger partial charge in [0.15, 0.2) is 5.16 Å². The van der Waals surface area contributed by atoms with Gasteiger partial charge in [-0.15, -0.1) is 10.2 Å². The van der Waals surface area contributed by atoms with Gasteiger partial charge in [-0.2, -0.15) is 4.98 Å². The summed E-state index contributed by atoms with van der Waals surface area (Å²) >= 11 is 2.50. The van der Waals surface area contributed by atoms with E-state index in [1.165, 1.54) is 29.2 Å². The minimum Gasteiger partial charge on any atom is -0.385 e. The number of carbonyl (C=O) groups is 1. The number of rotatable bonds is 6. The standard InChI is InChI=1S/C18H20N6O2S2/c1-4-13(16(26)21-17-23-22-11(3)27-17)28-18-20-15(25)9-14(19)24(18)12-7-5-6-10(2)8-12/h5-9,13H,4,19H2,1-3H3,(H,21,23,26)/t13-/m0/s1. The topological polar surface area (TPSA) is 116 Å². The fraction of sp³-hybridized carbons (Fsp3) is 0.278. The molecule has 0 spiro atoms. The maximum atomic E-state index is 12.7. The zero-order valence-corrected chi connectivity index (χ0v) is 17.3. The first-order chi connectivity index (χ1) is 13.4. The highest BCUT2D eigenvalue weighted by Gasteiger charge is 2.23. The highest BCUT2D eigenvalue weighted by molar-refractivity contribution is 8.00. The molecule has 0 saturated heterocycles. The van der Waals surface area contributed by atoms with Gasteiger partial charge in [0.05, 0.1) is 5.25 Å². The van der Waals surface area contributed by atoms with Gasteiger partial charge < -0.3 is 5.73 Å². The second-order valence-electron chi connectivity index (χ2n) is 6.11. The van der Waals surface area contributed by atoms with Crippen molar-refractivity contribution >= 4 is 40.0 Å². The molecular weight excluding hydrogens is 396 g/mol. The molecule has 1 atom stereocenters. The molecule has 0 radical (unpaired) electrons. The van der Waals surface area contributed by atoms with Crippen molar-refractivity contribution in [2.24, 2.45) is 0 Å². The van der Waals surface area contributed by atoms with Crippen LogP contribution in [0.4, 0.5) is 10.9 Å². The molecule has 0 aliphatic carbocycles. The predicted octanol–water partition coefficient (Wildman–Crippen LogP) is 2.79. The highest BCUT2D eigenvalue weighted by Crippen LogP contribution is 2.29. The number of nitrogens with two attached hydrogens (primary N) is 1. The normalized spacial score (nSPS) is 12.0. The summed E-state index contributed by atoms with van der Waals surface area (Å²) in [5.74, 6) is 0.0409. The van der Waals surface area contributed by atoms with E-state index in [1.807, 2.05) is 45.0 Å². The Hall–Kier alpha value is -2.72. The lowest BCUT2D eigenvalue weighted by molar-refractivity contribution is -0.115. The SMILES string of the molecule is CC[C@H](Sc1nc(=O)cc(N)n1-c1cccc(C)c1)C(=O)Nc1nnc(C)s1. The van der Waals surface area contributed by atoms with Gasteiger partial charge in [0.2, 0.25) is 11.0 Å². The van der Waals surface area contributed by atoms with E-state index in [2.05, 4.69) is 20.5 Å². The van der Waals surface area contributed by atoms with E-state index in [9.17, 15) is 9.59 Å². The molecule has 0 fully saturated rings. The smallest absolute Gasteiger partial charge is 0.275 e. The van der Waals surface area contributed by atoms with E-state index in [0.29, 0.717) is 16.7 Å². The predicted molar refractivity (Wildman–Crippen MR) is 112 cm³/mol. The van der Waals surface area contributed by atoms with Crippen molar-refractivity contribution in [3.05, 3.63) is 51.3 Å². The van der Waals surface area contributed by atoms with Crippen LogP contribution in [0.2, 0.25) is 0 Å². The van der Waals surface area contributed by atoms with Gasteiger partial charge in [-0.05, 0) is 38.0 Å². The summed E-state index contributed by atoms with van der Waals surface area (Å²) in [6.45, 7) is 5.68. The quantitative estimate of drug-likeness (QED) is 0.469. The molecule has 0 unspecified atom stereocenters. The average molecular weight is 417 g/mol. The second kappa shape index (κ2) is 8.53. The summed E-state index contributed by atoms with van der Waals surface area (Å²) in [5.41, 5.74) is 7.50. The third-order valence-electron chi connectivity index (χ3n) is 3.85. The van der Waals surface area contributed by atoms with E-state index in [4.69, 9.17) is 5.73 Å². The Morgan fingerprint density at radius 3 is 2.75 bits per heavy atom. The van der Waals surface area contributed by atoms with E-state index in [1.54, 1.807) is 4.57 Å². The average Bonchev–Trinajstić information content (AvgIpc) is 3.03. The molecule has 146 valence electrons. The Balaban J connectivity index is 1.93. The van der Waals surface area contributed by atoms with Crippen LogP contribution in [0, 0.1) is 13.8 Å². The number of hydrogen-bond acceptors (Lipinski definition) is 8. The van der Waals surface area contributed by atoms with Crippen molar-refractivity contribution in [3.63, 3.8) is 0 Å². The molecule has 3 aromatic rings. The van der Waals surface area contributed by atoms with Gasteiger partial charge in [-0.1, -0.05) is 42.2 Å². The van der Waals surface area contributed by atoms with E-state index in [0.717, 1.165) is 16.3 Å². The third kappa shape index (κ3) is 4.57. The zero-order chi connectivity index (χ0) is 20.3. The van der Waals surface area contributed by atoms with Crippen LogP contribution in [-0.2, 0) is 4.79 Å². The van der Waals surface area contributed by atoms with E-state index >= 15 is 0 Å². The number of nitrogens with one attached hydrogen (secondary N) is 1. The van der Waals surface area contributed by atoms with Crippen LogP contribution in [0.25, 0.3) is 5.69 Å². The second-order valence-corrected chi connectivity index (χ2v) is 8.46. The molecule has 28 heavy (non-hydrogen) atoms. The third-order valence-corrected chi connectivity index (χ3v) is 5.92. The summed E-state index contributed by atoms with van der Waals surface area (Å²) in [6.07, 6.45) is 0.534. The van der Waals surface area contributed by atoms with Crippen LogP contribution in [0.1, 0.15) is 23.9 Å². The van der Waals surface area contributed by atoms with Crippen molar-refractivity contribution < 1.29 is 4.79 Å². The maximum Gasteiger partial charge on any atom is 0.275 e. The van der Waals surface area contributed by atoms with Gasteiger partial charge in [-0.3, -0.25) is 19.5 Å². The molecule has 0 aliphatic heterocycles. The first kappa shape index (κ1) is 20.0. The van der Waals surface area contributed by atoms with Gasteiger partial charge in [0.1, 0.15) is 10.8 Å². The van der Waals surface area contributed by atoms with Crippen molar-refractivity contribution in [1.29, 1.82) is 0 Å². The lowest BCUT2D eigenvalue weighted by atomic mass is 10.2. The molecule has 2 heterocycles. The van der Waals surface area contributed by atoms with Gasteiger partial charge >= 0.3 is 0 Å². The molecule has 2 aromatic heterocycles. The molecule has 3 N–H and O–H groups in total. The fourth-order valence-electron chi connectivity index (χ4n) is 2.57. The van der Waals surface area contributed by atoms with Crippen molar-refractivity contribution in [1.82, 2.24) is 19.7 Å². The number of benzene rings is 1. The Kier molecular flexibility index (Phi) is 6.10. The number of amides is 1. The van der Waals surface area contributed by atoms with Crippen molar-refractivity contribution in [2.75, 3.05) is 11.1 Å². The molecule has 1 amide bonds. The Morgan fingerprint density at radius 2 is 2.11 bits per heavy atom. The zero-order valence-electron chi connectivity index (χ0n) is 15.7. The number of aromatic nitrogens is 4.